The summed E-state index contributed by atoms with van der Waals surface area (Å²) in [6, 6.07) is 0. The first kappa shape index (κ1) is 11.3. The zero-order chi connectivity index (χ0) is 9.07. The monoisotopic (exact) mass is 218 g/mol. The van der Waals surface area contributed by atoms with Gasteiger partial charge in [0.15, 0.2) is 0 Å². The highest BCUT2D eigenvalue weighted by molar-refractivity contribution is 6.64. The van der Waals surface area contributed by atoms with Gasteiger partial charge in [-0.1, -0.05) is 0 Å². The van der Waals surface area contributed by atoms with Crippen LogP contribution in [0.25, 0.3) is 0 Å². The largest absolute Gasteiger partial charge is 0.659 e. The second-order valence-corrected chi connectivity index (χ2v) is 5.18. The van der Waals surface area contributed by atoms with E-state index in [9.17, 15) is 0 Å². The van der Waals surface area contributed by atoms with Crippen LogP contribution in [0, 0.1) is 0 Å². The van der Waals surface area contributed by atoms with E-state index in [0.717, 1.165) is 0 Å². The molecule has 0 aromatic heterocycles. The minimum atomic E-state index is -4.74. The molecule has 8 nitrogen and oxygen atoms in total. The summed E-state index contributed by atoms with van der Waals surface area (Å²) in [7, 11) is -11.4. The van der Waals surface area contributed by atoms with E-state index >= 15 is 0 Å². The van der Waals surface area contributed by atoms with Crippen molar-refractivity contribution in [3.05, 3.63) is 0 Å². The Kier molecular flexibility index (Phi) is 4.51. The van der Waals surface area contributed by atoms with Crippen molar-refractivity contribution in [2.75, 3.05) is 0 Å². The summed E-state index contributed by atoms with van der Waals surface area (Å²) in [5.41, 5.74) is 0. The Morgan fingerprint density at radius 2 is 1.09 bits per heavy atom. The first-order chi connectivity index (χ1) is 4.83. The van der Waals surface area contributed by atoms with Gasteiger partial charge in [-0.3, -0.25) is 0 Å². The molecule has 0 saturated heterocycles. The molecule has 0 rings (SSSR count). The van der Waals surface area contributed by atoms with Crippen molar-refractivity contribution < 1.29 is 37.0 Å². The Morgan fingerprint density at radius 1 is 0.818 bits per heavy atom. The van der Waals surface area contributed by atoms with Crippen LogP contribution in [0.15, 0.2) is 0 Å². The zero-order valence-corrected chi connectivity index (χ0v) is 8.00. The first-order valence-corrected chi connectivity index (χ1v) is 6.47. The molecule has 0 amide bonds. The molecular weight excluding hydrogens is 212 g/mol. The van der Waals surface area contributed by atoms with Crippen molar-refractivity contribution in [1.29, 1.82) is 0 Å². The van der Waals surface area contributed by atoms with Gasteiger partial charge in [-0.15, -0.1) is 0 Å². The highest BCUT2D eigenvalue weighted by Crippen LogP contribution is 1.98. The molecule has 0 aromatic carbocycles. The lowest BCUT2D eigenvalue weighted by Gasteiger charge is -2.15. The van der Waals surface area contributed by atoms with Crippen LogP contribution in [0.2, 0.25) is 0 Å². The highest BCUT2D eigenvalue weighted by Gasteiger charge is 2.43. The SMILES string of the molecule is O[Si](O)O[Si](O)(O)O[Si](O)O. The van der Waals surface area contributed by atoms with Crippen molar-refractivity contribution in [3.8, 4) is 0 Å². The molecule has 66 valence electrons. The third kappa shape index (κ3) is 6.72. The lowest BCUT2D eigenvalue weighted by molar-refractivity contribution is 0.0841. The van der Waals surface area contributed by atoms with E-state index in [1.54, 1.807) is 0 Å². The molecule has 0 spiro atoms. The van der Waals surface area contributed by atoms with Gasteiger partial charge in [0.25, 0.3) is 0 Å². The minimum absolute atomic E-state index is 3.31. The van der Waals surface area contributed by atoms with Crippen molar-refractivity contribution in [2.45, 2.75) is 0 Å². The molecule has 0 aliphatic heterocycles. The van der Waals surface area contributed by atoms with Crippen LogP contribution < -0.4 is 0 Å². The Bertz CT molecular complexity index is 95.9. The van der Waals surface area contributed by atoms with E-state index in [1.165, 1.54) is 0 Å². The molecule has 11 heavy (non-hydrogen) atoms. The number of hydrogen-bond acceptors (Lipinski definition) is 8. The van der Waals surface area contributed by atoms with Gasteiger partial charge < -0.3 is 37.0 Å². The van der Waals surface area contributed by atoms with Crippen LogP contribution in [0.4, 0.5) is 0 Å². The van der Waals surface area contributed by atoms with Crippen molar-refractivity contribution in [1.82, 2.24) is 0 Å². The van der Waals surface area contributed by atoms with Crippen LogP contribution in [0.5, 0.6) is 0 Å². The molecule has 0 aliphatic rings. The number of rotatable bonds is 4. The number of hydrogen-bond donors (Lipinski definition) is 6. The van der Waals surface area contributed by atoms with E-state index in [4.69, 9.17) is 28.8 Å². The molecule has 0 unspecified atom stereocenters. The zero-order valence-electron chi connectivity index (χ0n) is 5.00. The maximum atomic E-state index is 8.52. The third-order valence-corrected chi connectivity index (χ3v) is 4.04. The van der Waals surface area contributed by atoms with Gasteiger partial charge in [-0.2, -0.15) is 0 Å². The Morgan fingerprint density at radius 3 is 1.27 bits per heavy atom. The molecule has 0 aliphatic carbocycles. The molecule has 6 N–H and O–H groups in total. The second-order valence-electron chi connectivity index (χ2n) is 1.32. The van der Waals surface area contributed by atoms with Gasteiger partial charge >= 0.3 is 28.1 Å². The van der Waals surface area contributed by atoms with Crippen molar-refractivity contribution >= 4 is 28.1 Å². The maximum absolute atomic E-state index is 8.52. The summed E-state index contributed by atoms with van der Waals surface area (Å²) in [4.78, 5) is 49.5. The van der Waals surface area contributed by atoms with E-state index < -0.39 is 28.1 Å². The van der Waals surface area contributed by atoms with Gasteiger partial charge in [-0.05, 0) is 0 Å². The molecule has 0 heterocycles. The van der Waals surface area contributed by atoms with Gasteiger partial charge in [-0.25, -0.2) is 0 Å². The Balaban J connectivity index is 3.79. The van der Waals surface area contributed by atoms with Gasteiger partial charge in [0.05, 0.1) is 0 Å². The second kappa shape index (κ2) is 4.38. The topological polar surface area (TPSA) is 140 Å². The van der Waals surface area contributed by atoms with Gasteiger partial charge in [0.1, 0.15) is 0 Å². The normalized spacial score (nSPS) is 13.1. The average Bonchev–Trinajstić information content (AvgIpc) is 1.53. The third-order valence-electron chi connectivity index (χ3n) is 0.448. The molecule has 0 fully saturated rings. The van der Waals surface area contributed by atoms with Crippen LogP contribution in [-0.2, 0) is 8.23 Å². The average molecular weight is 218 g/mol. The smallest absolute Gasteiger partial charge is 0.388 e. The minimum Gasteiger partial charge on any atom is -0.388 e. The lowest BCUT2D eigenvalue weighted by Crippen LogP contribution is -2.51. The van der Waals surface area contributed by atoms with E-state index in [-0.39, 0.29) is 0 Å². The van der Waals surface area contributed by atoms with Crippen LogP contribution in [0.1, 0.15) is 0 Å². The summed E-state index contributed by atoms with van der Waals surface area (Å²) < 4.78 is 7.39. The Labute approximate surface area is 65.9 Å². The molecule has 0 bridgehead atoms. The van der Waals surface area contributed by atoms with Crippen molar-refractivity contribution in [2.24, 2.45) is 0 Å². The van der Waals surface area contributed by atoms with Crippen LogP contribution in [-0.4, -0.2) is 56.9 Å². The molecule has 11 heteroatoms. The Hall–Kier alpha value is 0.331. The fourth-order valence-corrected chi connectivity index (χ4v) is 2.70. The molecule has 0 atom stereocenters. The van der Waals surface area contributed by atoms with E-state index in [2.05, 4.69) is 8.23 Å². The summed E-state index contributed by atoms with van der Waals surface area (Å²) in [6.07, 6.45) is 0. The van der Waals surface area contributed by atoms with E-state index in [1.807, 2.05) is 0 Å². The quantitative estimate of drug-likeness (QED) is 0.259. The maximum Gasteiger partial charge on any atom is 0.659 e. The van der Waals surface area contributed by atoms with Crippen LogP contribution >= 0.6 is 0 Å². The summed E-state index contributed by atoms with van der Waals surface area (Å²) >= 11 is 0. The van der Waals surface area contributed by atoms with E-state index in [0.29, 0.717) is 0 Å². The predicted molar refractivity (Wildman–Crippen MR) is 32.7 cm³/mol. The lowest BCUT2D eigenvalue weighted by atomic mass is 15.6. The predicted octanol–water partition coefficient (Wildman–Crippen LogP) is -4.62. The van der Waals surface area contributed by atoms with Gasteiger partial charge in [0.2, 0.25) is 0 Å². The first-order valence-electron chi connectivity index (χ1n) is 2.16. The molecule has 0 aromatic rings. The summed E-state index contributed by atoms with van der Waals surface area (Å²) in [5, 5.41) is 0. The highest BCUT2D eigenvalue weighted by atomic mass is 28.5. The fourth-order valence-electron chi connectivity index (χ4n) is 0.259. The molecular formula is H6O8Si3. The summed E-state index contributed by atoms with van der Waals surface area (Å²) in [5.74, 6) is 0. The fraction of sp³-hybridized carbons (Fsp3) is 0. The molecule has 0 saturated carbocycles. The van der Waals surface area contributed by atoms with Crippen LogP contribution in [0.3, 0.4) is 0 Å². The molecule has 2 radical (unpaired) electrons. The summed E-state index contributed by atoms with van der Waals surface area (Å²) in [6.45, 7) is 0. The van der Waals surface area contributed by atoms with Crippen molar-refractivity contribution in [3.63, 3.8) is 0 Å². The standard InChI is InChI=1S/H6O8Si3/c1-9(2)7-11(5,6)8-10(3)4/h1-6H. The van der Waals surface area contributed by atoms with Gasteiger partial charge in [0, 0.05) is 0 Å².